The third kappa shape index (κ3) is 3.94. The molecule has 0 aliphatic heterocycles. The highest BCUT2D eigenvalue weighted by Gasteiger charge is 2.18. The summed E-state index contributed by atoms with van der Waals surface area (Å²) in [6.45, 7) is 0. The molecule has 0 saturated heterocycles. The average Bonchev–Trinajstić information content (AvgIpc) is 2.39. The minimum absolute atomic E-state index is 0.0844. The second-order valence-corrected chi connectivity index (χ2v) is 6.50. The molecule has 0 bridgehead atoms. The molecular formula is C13H19N3O3S. The number of amides is 2. The Morgan fingerprint density at radius 1 is 1.15 bits per heavy atom. The molecule has 6 nitrogen and oxygen atoms in total. The van der Waals surface area contributed by atoms with Gasteiger partial charge in [-0.3, -0.25) is 0 Å². The van der Waals surface area contributed by atoms with Gasteiger partial charge >= 0.3 is 6.03 Å². The number of sulfonamides is 1. The summed E-state index contributed by atoms with van der Waals surface area (Å²) in [5.41, 5.74) is 0.198. The van der Waals surface area contributed by atoms with Gasteiger partial charge in [0.2, 0.25) is 10.0 Å². The van der Waals surface area contributed by atoms with Crippen molar-refractivity contribution in [2.24, 2.45) is 5.14 Å². The zero-order valence-corrected chi connectivity index (χ0v) is 11.9. The number of hydrogen-bond donors (Lipinski definition) is 3. The maximum absolute atomic E-state index is 11.9. The molecule has 1 aliphatic carbocycles. The number of nitrogens with two attached hydrogens (primary N) is 1. The van der Waals surface area contributed by atoms with E-state index in [9.17, 15) is 13.2 Å². The highest BCUT2D eigenvalue weighted by Crippen LogP contribution is 2.20. The van der Waals surface area contributed by atoms with E-state index in [0.29, 0.717) is 0 Å². The van der Waals surface area contributed by atoms with E-state index in [1.165, 1.54) is 18.6 Å². The lowest BCUT2D eigenvalue weighted by Crippen LogP contribution is -2.39. The van der Waals surface area contributed by atoms with Gasteiger partial charge in [0.15, 0.2) is 0 Å². The van der Waals surface area contributed by atoms with Crippen LogP contribution in [0.25, 0.3) is 0 Å². The van der Waals surface area contributed by atoms with Gasteiger partial charge in [0, 0.05) is 6.04 Å². The smallest absolute Gasteiger partial charge is 0.319 e. The first-order valence-electron chi connectivity index (χ1n) is 6.66. The predicted octanol–water partition coefficient (Wildman–Crippen LogP) is 1.79. The largest absolute Gasteiger partial charge is 0.335 e. The van der Waals surface area contributed by atoms with E-state index in [1.807, 2.05) is 0 Å². The van der Waals surface area contributed by atoms with Gasteiger partial charge in [-0.2, -0.15) is 0 Å². The van der Waals surface area contributed by atoms with Crippen molar-refractivity contribution in [2.75, 3.05) is 5.32 Å². The number of benzene rings is 1. The first-order valence-corrected chi connectivity index (χ1v) is 8.21. The SMILES string of the molecule is NS(=O)(=O)c1ccccc1NC(=O)NC1CCCCC1. The number of carbonyl (C=O) groups is 1. The van der Waals surface area contributed by atoms with Crippen molar-refractivity contribution >= 4 is 21.7 Å². The number of para-hydroxylation sites is 1. The summed E-state index contributed by atoms with van der Waals surface area (Å²) in [4.78, 5) is 11.8. The number of primary sulfonamides is 1. The predicted molar refractivity (Wildman–Crippen MR) is 76.8 cm³/mol. The molecule has 7 heteroatoms. The normalized spacial score (nSPS) is 16.6. The number of anilines is 1. The summed E-state index contributed by atoms with van der Waals surface area (Å²) in [5.74, 6) is 0. The van der Waals surface area contributed by atoms with Crippen LogP contribution < -0.4 is 15.8 Å². The zero-order chi connectivity index (χ0) is 14.6. The number of urea groups is 1. The summed E-state index contributed by atoms with van der Waals surface area (Å²) in [6.07, 6.45) is 5.35. The molecule has 2 rings (SSSR count). The van der Waals surface area contributed by atoms with Gasteiger partial charge in [-0.1, -0.05) is 31.4 Å². The Hall–Kier alpha value is -1.60. The summed E-state index contributed by atoms with van der Waals surface area (Å²) >= 11 is 0. The molecule has 0 spiro atoms. The molecule has 1 aromatic carbocycles. The number of hydrogen-bond acceptors (Lipinski definition) is 3. The van der Waals surface area contributed by atoms with Crippen LogP contribution in [0.5, 0.6) is 0 Å². The van der Waals surface area contributed by atoms with Gasteiger partial charge in [0.1, 0.15) is 4.90 Å². The molecule has 4 N–H and O–H groups in total. The number of nitrogens with one attached hydrogen (secondary N) is 2. The van der Waals surface area contributed by atoms with Gasteiger partial charge in [0.05, 0.1) is 5.69 Å². The van der Waals surface area contributed by atoms with Crippen LogP contribution in [0.3, 0.4) is 0 Å². The van der Waals surface area contributed by atoms with Crippen LogP contribution in [-0.4, -0.2) is 20.5 Å². The minimum atomic E-state index is -3.85. The fourth-order valence-electron chi connectivity index (χ4n) is 2.41. The molecule has 2 amide bonds. The lowest BCUT2D eigenvalue weighted by molar-refractivity contribution is 0.244. The monoisotopic (exact) mass is 297 g/mol. The molecular weight excluding hydrogens is 278 g/mol. The molecule has 1 fully saturated rings. The quantitative estimate of drug-likeness (QED) is 0.792. The molecule has 0 aromatic heterocycles. The Labute approximate surface area is 118 Å². The maximum atomic E-state index is 11.9. The van der Waals surface area contributed by atoms with E-state index in [2.05, 4.69) is 10.6 Å². The van der Waals surface area contributed by atoms with Crippen molar-refractivity contribution in [3.8, 4) is 0 Å². The molecule has 1 aromatic rings. The second kappa shape index (κ2) is 6.23. The molecule has 20 heavy (non-hydrogen) atoms. The van der Waals surface area contributed by atoms with Crippen LogP contribution in [0.2, 0.25) is 0 Å². The molecule has 110 valence electrons. The number of rotatable bonds is 3. The van der Waals surface area contributed by atoms with Crippen molar-refractivity contribution in [2.45, 2.75) is 43.0 Å². The van der Waals surface area contributed by atoms with Crippen LogP contribution in [0.1, 0.15) is 32.1 Å². The first kappa shape index (κ1) is 14.8. The van der Waals surface area contributed by atoms with Crippen molar-refractivity contribution in [1.29, 1.82) is 0 Å². The van der Waals surface area contributed by atoms with Crippen molar-refractivity contribution in [3.63, 3.8) is 0 Å². The lowest BCUT2D eigenvalue weighted by Gasteiger charge is -2.23. The highest BCUT2D eigenvalue weighted by molar-refractivity contribution is 7.89. The van der Waals surface area contributed by atoms with Crippen molar-refractivity contribution in [3.05, 3.63) is 24.3 Å². The first-order chi connectivity index (χ1) is 9.47. The molecule has 1 saturated carbocycles. The second-order valence-electron chi connectivity index (χ2n) is 4.97. The molecule has 0 unspecified atom stereocenters. The van der Waals surface area contributed by atoms with Gasteiger partial charge in [-0.25, -0.2) is 18.4 Å². The zero-order valence-electron chi connectivity index (χ0n) is 11.1. The van der Waals surface area contributed by atoms with Gasteiger partial charge < -0.3 is 10.6 Å². The Balaban J connectivity index is 2.04. The summed E-state index contributed by atoms with van der Waals surface area (Å²) < 4.78 is 22.9. The van der Waals surface area contributed by atoms with E-state index >= 15 is 0 Å². The topological polar surface area (TPSA) is 101 Å². The number of carbonyl (C=O) groups excluding carboxylic acids is 1. The fraction of sp³-hybridized carbons (Fsp3) is 0.462. The Bertz CT molecular complexity index is 580. The third-order valence-electron chi connectivity index (χ3n) is 3.38. The molecule has 0 radical (unpaired) electrons. The van der Waals surface area contributed by atoms with Crippen LogP contribution >= 0.6 is 0 Å². The van der Waals surface area contributed by atoms with E-state index in [1.54, 1.807) is 12.1 Å². The van der Waals surface area contributed by atoms with Gasteiger partial charge in [-0.15, -0.1) is 0 Å². The highest BCUT2D eigenvalue weighted by atomic mass is 32.2. The molecule has 0 heterocycles. The fourth-order valence-corrected chi connectivity index (χ4v) is 3.10. The van der Waals surface area contributed by atoms with Gasteiger partial charge in [-0.05, 0) is 25.0 Å². The Kier molecular flexibility index (Phi) is 4.61. The molecule has 0 atom stereocenters. The Morgan fingerprint density at radius 3 is 2.45 bits per heavy atom. The van der Waals surface area contributed by atoms with E-state index < -0.39 is 16.1 Å². The van der Waals surface area contributed by atoms with Crippen LogP contribution in [0, 0.1) is 0 Å². The van der Waals surface area contributed by atoms with Crippen LogP contribution in [0.4, 0.5) is 10.5 Å². The summed E-state index contributed by atoms with van der Waals surface area (Å²) in [7, 11) is -3.85. The average molecular weight is 297 g/mol. The van der Waals surface area contributed by atoms with Crippen molar-refractivity contribution < 1.29 is 13.2 Å². The van der Waals surface area contributed by atoms with Crippen LogP contribution in [-0.2, 0) is 10.0 Å². The summed E-state index contributed by atoms with van der Waals surface area (Å²) in [6, 6.07) is 5.85. The third-order valence-corrected chi connectivity index (χ3v) is 4.35. The standard InChI is InChI=1S/C13H19N3O3S/c14-20(18,19)12-9-5-4-8-11(12)16-13(17)15-10-6-2-1-3-7-10/h4-5,8-10H,1-3,6-7H2,(H2,14,18,19)(H2,15,16,17). The van der Waals surface area contributed by atoms with E-state index in [0.717, 1.165) is 25.7 Å². The maximum Gasteiger partial charge on any atom is 0.319 e. The van der Waals surface area contributed by atoms with Crippen molar-refractivity contribution in [1.82, 2.24) is 5.32 Å². The summed E-state index contributed by atoms with van der Waals surface area (Å²) in [5, 5.41) is 10.5. The van der Waals surface area contributed by atoms with Crippen LogP contribution in [0.15, 0.2) is 29.2 Å². The van der Waals surface area contributed by atoms with E-state index in [-0.39, 0.29) is 16.6 Å². The van der Waals surface area contributed by atoms with E-state index in [4.69, 9.17) is 5.14 Å². The Morgan fingerprint density at radius 2 is 1.80 bits per heavy atom. The van der Waals surface area contributed by atoms with Gasteiger partial charge in [0.25, 0.3) is 0 Å². The minimum Gasteiger partial charge on any atom is -0.335 e. The molecule has 1 aliphatic rings. The lowest BCUT2D eigenvalue weighted by atomic mass is 9.96.